The van der Waals surface area contributed by atoms with Gasteiger partial charge in [-0.3, -0.25) is 9.59 Å². The van der Waals surface area contributed by atoms with E-state index in [1.54, 1.807) is 25.2 Å². The van der Waals surface area contributed by atoms with E-state index in [2.05, 4.69) is 17.4 Å². The lowest BCUT2D eigenvalue weighted by Gasteiger charge is -2.19. The standard InChI is InChI=1S/C25H26N2O3/c1-4-24(25(29)26-21-11-8-12-22(17-21)27(3)18(2)28)30-23-15-13-20(14-16-23)19-9-6-5-7-10-19/h5-17,24H,4H2,1-3H3,(H,26,29). The Hall–Kier alpha value is -3.60. The quantitative estimate of drug-likeness (QED) is 0.596. The van der Waals surface area contributed by atoms with Gasteiger partial charge >= 0.3 is 0 Å². The molecule has 2 amide bonds. The van der Waals surface area contributed by atoms with E-state index in [4.69, 9.17) is 4.74 Å². The number of ether oxygens (including phenoxy) is 1. The smallest absolute Gasteiger partial charge is 0.265 e. The van der Waals surface area contributed by atoms with Crippen molar-refractivity contribution in [3.63, 3.8) is 0 Å². The van der Waals surface area contributed by atoms with Gasteiger partial charge in [0.2, 0.25) is 5.91 Å². The molecule has 5 heteroatoms. The minimum absolute atomic E-state index is 0.0767. The summed E-state index contributed by atoms with van der Waals surface area (Å²) in [5, 5.41) is 2.88. The van der Waals surface area contributed by atoms with Gasteiger partial charge in [-0.1, -0.05) is 55.5 Å². The number of anilines is 2. The minimum atomic E-state index is -0.623. The number of carbonyl (C=O) groups excluding carboxylic acids is 2. The van der Waals surface area contributed by atoms with Crippen molar-refractivity contribution in [1.82, 2.24) is 0 Å². The summed E-state index contributed by atoms with van der Waals surface area (Å²) < 4.78 is 5.93. The first-order valence-electron chi connectivity index (χ1n) is 9.95. The van der Waals surface area contributed by atoms with E-state index in [0.717, 1.165) is 11.1 Å². The Labute approximate surface area is 177 Å². The first-order valence-corrected chi connectivity index (χ1v) is 9.95. The molecule has 5 nitrogen and oxygen atoms in total. The van der Waals surface area contributed by atoms with Crippen LogP contribution in [-0.4, -0.2) is 25.0 Å². The fourth-order valence-corrected chi connectivity index (χ4v) is 3.04. The highest BCUT2D eigenvalue weighted by atomic mass is 16.5. The molecule has 0 heterocycles. The van der Waals surface area contributed by atoms with Crippen molar-refractivity contribution in [2.45, 2.75) is 26.4 Å². The summed E-state index contributed by atoms with van der Waals surface area (Å²) in [6.45, 7) is 3.40. The Kier molecular flexibility index (Phi) is 6.86. The summed E-state index contributed by atoms with van der Waals surface area (Å²) in [5.41, 5.74) is 3.55. The highest BCUT2D eigenvalue weighted by molar-refractivity contribution is 5.96. The summed E-state index contributed by atoms with van der Waals surface area (Å²) in [6.07, 6.45) is -0.0963. The Bertz CT molecular complexity index is 1000. The molecule has 3 rings (SSSR count). The summed E-state index contributed by atoms with van der Waals surface area (Å²) in [7, 11) is 1.69. The predicted molar refractivity (Wildman–Crippen MR) is 121 cm³/mol. The molecule has 0 saturated carbocycles. The molecule has 1 N–H and O–H groups in total. The average molecular weight is 402 g/mol. The van der Waals surface area contributed by atoms with Crippen LogP contribution in [0.5, 0.6) is 5.75 Å². The third-order valence-corrected chi connectivity index (χ3v) is 4.88. The van der Waals surface area contributed by atoms with Gasteiger partial charge in [-0.05, 0) is 47.9 Å². The van der Waals surface area contributed by atoms with Gasteiger partial charge in [0.05, 0.1) is 0 Å². The van der Waals surface area contributed by atoms with Crippen molar-refractivity contribution in [2.24, 2.45) is 0 Å². The predicted octanol–water partition coefficient (Wildman–Crippen LogP) is 5.13. The van der Waals surface area contributed by atoms with Gasteiger partial charge in [-0.2, -0.15) is 0 Å². The molecule has 0 fully saturated rings. The molecule has 3 aromatic carbocycles. The lowest BCUT2D eigenvalue weighted by Crippen LogP contribution is -2.32. The lowest BCUT2D eigenvalue weighted by atomic mass is 10.1. The highest BCUT2D eigenvalue weighted by Gasteiger charge is 2.19. The van der Waals surface area contributed by atoms with Crippen LogP contribution in [0.4, 0.5) is 11.4 Å². The monoisotopic (exact) mass is 402 g/mol. The molecular formula is C25H26N2O3. The van der Waals surface area contributed by atoms with Gasteiger partial charge < -0.3 is 15.0 Å². The fourth-order valence-electron chi connectivity index (χ4n) is 3.04. The van der Waals surface area contributed by atoms with Crippen LogP contribution in [-0.2, 0) is 9.59 Å². The van der Waals surface area contributed by atoms with E-state index < -0.39 is 6.10 Å². The molecule has 1 atom stereocenters. The molecule has 0 bridgehead atoms. The molecule has 1 unspecified atom stereocenters. The lowest BCUT2D eigenvalue weighted by molar-refractivity contribution is -0.122. The van der Waals surface area contributed by atoms with Crippen molar-refractivity contribution < 1.29 is 14.3 Å². The van der Waals surface area contributed by atoms with Crippen LogP contribution >= 0.6 is 0 Å². The van der Waals surface area contributed by atoms with Crippen molar-refractivity contribution in [3.05, 3.63) is 78.9 Å². The molecule has 0 radical (unpaired) electrons. The molecule has 30 heavy (non-hydrogen) atoms. The normalized spacial score (nSPS) is 11.4. The maximum atomic E-state index is 12.7. The number of nitrogens with zero attached hydrogens (tertiary/aromatic N) is 1. The number of hydrogen-bond acceptors (Lipinski definition) is 3. The molecule has 0 aliphatic heterocycles. The van der Waals surface area contributed by atoms with Crippen molar-refractivity contribution in [1.29, 1.82) is 0 Å². The van der Waals surface area contributed by atoms with Gasteiger partial charge in [-0.25, -0.2) is 0 Å². The second-order valence-corrected chi connectivity index (χ2v) is 7.02. The number of nitrogens with one attached hydrogen (secondary N) is 1. The topological polar surface area (TPSA) is 58.6 Å². The van der Waals surface area contributed by atoms with Gasteiger partial charge in [0.1, 0.15) is 5.75 Å². The summed E-state index contributed by atoms with van der Waals surface area (Å²) in [4.78, 5) is 25.8. The number of hydrogen-bond donors (Lipinski definition) is 1. The largest absolute Gasteiger partial charge is 0.481 e. The van der Waals surface area contributed by atoms with Crippen LogP contribution in [0.25, 0.3) is 11.1 Å². The zero-order chi connectivity index (χ0) is 21.5. The van der Waals surface area contributed by atoms with Gasteiger partial charge in [0, 0.05) is 25.3 Å². The molecule has 0 aliphatic carbocycles. The van der Waals surface area contributed by atoms with Crippen LogP contribution in [0.15, 0.2) is 78.9 Å². The van der Waals surface area contributed by atoms with Gasteiger partial charge in [0.15, 0.2) is 6.10 Å². The van der Waals surface area contributed by atoms with E-state index in [1.807, 2.05) is 55.5 Å². The Balaban J connectivity index is 1.67. The van der Waals surface area contributed by atoms with E-state index in [0.29, 0.717) is 23.5 Å². The number of benzene rings is 3. The minimum Gasteiger partial charge on any atom is -0.481 e. The Morgan fingerprint density at radius 2 is 1.60 bits per heavy atom. The van der Waals surface area contributed by atoms with Gasteiger partial charge in [-0.15, -0.1) is 0 Å². The maximum Gasteiger partial charge on any atom is 0.265 e. The third-order valence-electron chi connectivity index (χ3n) is 4.88. The second kappa shape index (κ2) is 9.74. The highest BCUT2D eigenvalue weighted by Crippen LogP contribution is 2.24. The molecule has 0 spiro atoms. The second-order valence-electron chi connectivity index (χ2n) is 7.02. The fraction of sp³-hybridized carbons (Fsp3) is 0.200. The average Bonchev–Trinajstić information content (AvgIpc) is 2.78. The van der Waals surface area contributed by atoms with Gasteiger partial charge in [0.25, 0.3) is 5.91 Å². The van der Waals surface area contributed by atoms with Crippen LogP contribution in [0.1, 0.15) is 20.3 Å². The van der Waals surface area contributed by atoms with Crippen LogP contribution in [0.2, 0.25) is 0 Å². The van der Waals surface area contributed by atoms with Crippen LogP contribution in [0.3, 0.4) is 0 Å². The maximum absolute atomic E-state index is 12.7. The zero-order valence-corrected chi connectivity index (χ0v) is 17.5. The molecular weight excluding hydrogens is 376 g/mol. The molecule has 0 saturated heterocycles. The summed E-state index contributed by atoms with van der Waals surface area (Å²) in [6, 6.07) is 25.0. The molecule has 154 valence electrons. The number of carbonyl (C=O) groups is 2. The van der Waals surface area contributed by atoms with E-state index in [9.17, 15) is 9.59 Å². The Morgan fingerprint density at radius 1 is 0.933 bits per heavy atom. The molecule has 0 aliphatic rings. The van der Waals surface area contributed by atoms with E-state index in [-0.39, 0.29) is 11.8 Å². The first-order chi connectivity index (χ1) is 14.5. The SMILES string of the molecule is CCC(Oc1ccc(-c2ccccc2)cc1)C(=O)Nc1cccc(N(C)C(C)=O)c1. The van der Waals surface area contributed by atoms with Crippen LogP contribution in [0, 0.1) is 0 Å². The van der Waals surface area contributed by atoms with Crippen LogP contribution < -0.4 is 15.0 Å². The molecule has 3 aromatic rings. The van der Waals surface area contributed by atoms with Crippen molar-refractivity contribution >= 4 is 23.2 Å². The number of rotatable bonds is 7. The number of amides is 2. The third kappa shape index (κ3) is 5.26. The van der Waals surface area contributed by atoms with E-state index in [1.165, 1.54) is 11.8 Å². The summed E-state index contributed by atoms with van der Waals surface area (Å²) >= 11 is 0. The molecule has 0 aromatic heterocycles. The summed E-state index contributed by atoms with van der Waals surface area (Å²) in [5.74, 6) is 0.334. The Morgan fingerprint density at radius 3 is 2.23 bits per heavy atom. The van der Waals surface area contributed by atoms with Crippen molar-refractivity contribution in [3.8, 4) is 16.9 Å². The first kappa shape index (κ1) is 21.1. The zero-order valence-electron chi connectivity index (χ0n) is 17.5. The van der Waals surface area contributed by atoms with E-state index >= 15 is 0 Å². The van der Waals surface area contributed by atoms with Crippen molar-refractivity contribution in [2.75, 3.05) is 17.3 Å².